The maximum Gasteiger partial charge on any atom is 0.289 e. The van der Waals surface area contributed by atoms with Gasteiger partial charge in [0.1, 0.15) is 5.76 Å². The molecule has 0 unspecified atom stereocenters. The van der Waals surface area contributed by atoms with Gasteiger partial charge in [-0.1, -0.05) is 13.3 Å². The summed E-state index contributed by atoms with van der Waals surface area (Å²) < 4.78 is 7.66. The van der Waals surface area contributed by atoms with E-state index in [2.05, 4.69) is 4.98 Å². The van der Waals surface area contributed by atoms with Gasteiger partial charge in [0.05, 0.1) is 18.5 Å². The molecule has 2 aliphatic rings. The Hall–Kier alpha value is -2.08. The van der Waals surface area contributed by atoms with Crippen molar-refractivity contribution < 1.29 is 14.3 Å². The topological polar surface area (TPSA) is 71.5 Å². The standard InChI is InChI=1S/C19H25N3O3/c1-2-19(24)7-3-4-14-10-22(12-16(14)19)18(23)17-6-5-15(25-17)11-21-9-8-20-13-21/h5-6,8-9,13-14,16,24H,2-4,7,10-12H2,1H3/t14-,16+,19-/m0/s1. The lowest BCUT2D eigenvalue weighted by atomic mass is 9.69. The van der Waals surface area contributed by atoms with E-state index in [0.29, 0.717) is 24.8 Å². The highest BCUT2D eigenvalue weighted by Gasteiger charge is 2.49. The molecule has 1 saturated carbocycles. The van der Waals surface area contributed by atoms with Crippen LogP contribution in [0.25, 0.3) is 0 Å². The van der Waals surface area contributed by atoms with Crippen LogP contribution in [0.4, 0.5) is 0 Å². The van der Waals surface area contributed by atoms with Crippen LogP contribution in [0.3, 0.4) is 0 Å². The van der Waals surface area contributed by atoms with E-state index < -0.39 is 5.60 Å². The van der Waals surface area contributed by atoms with E-state index in [-0.39, 0.29) is 11.8 Å². The SMILES string of the molecule is CC[C@]1(O)CCC[C@H]2CN(C(=O)c3ccc(Cn4ccnc4)o3)C[C@H]21. The molecule has 2 aromatic rings. The molecule has 1 aliphatic heterocycles. The van der Waals surface area contributed by atoms with Gasteiger partial charge in [-0.15, -0.1) is 0 Å². The fourth-order valence-electron chi connectivity index (χ4n) is 4.53. The maximum absolute atomic E-state index is 12.8. The highest BCUT2D eigenvalue weighted by atomic mass is 16.4. The largest absolute Gasteiger partial charge is 0.454 e. The lowest BCUT2D eigenvalue weighted by Crippen LogP contribution is -2.44. The third-order valence-electron chi connectivity index (χ3n) is 5.99. The maximum atomic E-state index is 12.8. The summed E-state index contributed by atoms with van der Waals surface area (Å²) in [5, 5.41) is 10.9. The minimum Gasteiger partial charge on any atom is -0.454 e. The number of amides is 1. The first-order valence-electron chi connectivity index (χ1n) is 9.15. The number of rotatable bonds is 4. The molecule has 134 valence electrons. The molecule has 3 atom stereocenters. The Balaban J connectivity index is 1.46. The third kappa shape index (κ3) is 2.99. The molecule has 6 heteroatoms. The molecular weight excluding hydrogens is 318 g/mol. The van der Waals surface area contributed by atoms with Gasteiger partial charge in [-0.25, -0.2) is 4.98 Å². The van der Waals surface area contributed by atoms with Gasteiger partial charge >= 0.3 is 0 Å². The first kappa shape index (κ1) is 16.4. The smallest absolute Gasteiger partial charge is 0.289 e. The number of hydrogen-bond donors (Lipinski definition) is 1. The van der Waals surface area contributed by atoms with Gasteiger partial charge in [0.15, 0.2) is 5.76 Å². The molecule has 3 heterocycles. The Morgan fingerprint density at radius 1 is 1.44 bits per heavy atom. The van der Waals surface area contributed by atoms with Crippen molar-refractivity contribution in [1.82, 2.24) is 14.5 Å². The number of aliphatic hydroxyl groups is 1. The fourth-order valence-corrected chi connectivity index (χ4v) is 4.53. The number of fused-ring (bicyclic) bond motifs is 1. The Bertz CT molecular complexity index is 739. The molecule has 0 radical (unpaired) electrons. The summed E-state index contributed by atoms with van der Waals surface area (Å²) in [7, 11) is 0. The van der Waals surface area contributed by atoms with Crippen molar-refractivity contribution in [3.8, 4) is 0 Å². The second-order valence-electron chi connectivity index (χ2n) is 7.43. The molecule has 2 aromatic heterocycles. The summed E-state index contributed by atoms with van der Waals surface area (Å²) in [6, 6.07) is 3.60. The van der Waals surface area contributed by atoms with Crippen molar-refractivity contribution >= 4 is 5.91 Å². The highest BCUT2D eigenvalue weighted by Crippen LogP contribution is 2.44. The van der Waals surface area contributed by atoms with Crippen molar-refractivity contribution in [3.05, 3.63) is 42.4 Å². The molecular formula is C19H25N3O3. The van der Waals surface area contributed by atoms with Gasteiger partial charge in [0.25, 0.3) is 5.91 Å². The lowest BCUT2D eigenvalue weighted by molar-refractivity contribution is -0.0609. The van der Waals surface area contributed by atoms with Crippen molar-refractivity contribution in [2.24, 2.45) is 11.8 Å². The molecule has 1 N–H and O–H groups in total. The number of likely N-dealkylation sites (tertiary alicyclic amines) is 1. The van der Waals surface area contributed by atoms with E-state index in [0.717, 1.165) is 38.0 Å². The first-order chi connectivity index (χ1) is 12.1. The second-order valence-corrected chi connectivity index (χ2v) is 7.43. The summed E-state index contributed by atoms with van der Waals surface area (Å²) in [4.78, 5) is 18.7. The lowest BCUT2D eigenvalue weighted by Gasteiger charge is -2.40. The summed E-state index contributed by atoms with van der Waals surface area (Å²) in [6.07, 6.45) is 9.05. The molecule has 2 fully saturated rings. The van der Waals surface area contributed by atoms with Crippen LogP contribution in [0, 0.1) is 11.8 Å². The average molecular weight is 343 g/mol. The summed E-state index contributed by atoms with van der Waals surface area (Å²) in [5.41, 5.74) is -0.617. The van der Waals surface area contributed by atoms with E-state index in [4.69, 9.17) is 4.42 Å². The van der Waals surface area contributed by atoms with Crippen LogP contribution in [-0.4, -0.2) is 44.2 Å². The monoisotopic (exact) mass is 343 g/mol. The number of nitrogens with zero attached hydrogens (tertiary/aromatic N) is 3. The second kappa shape index (κ2) is 6.33. The normalized spacial score (nSPS) is 29.0. The fraction of sp³-hybridized carbons (Fsp3) is 0.579. The Labute approximate surface area is 147 Å². The number of hydrogen-bond acceptors (Lipinski definition) is 4. The summed E-state index contributed by atoms with van der Waals surface area (Å²) in [5.74, 6) is 1.65. The van der Waals surface area contributed by atoms with Crippen LogP contribution in [0.15, 0.2) is 35.3 Å². The van der Waals surface area contributed by atoms with Crippen molar-refractivity contribution in [1.29, 1.82) is 0 Å². The number of aromatic nitrogens is 2. The van der Waals surface area contributed by atoms with E-state index in [1.54, 1.807) is 18.6 Å². The summed E-state index contributed by atoms with van der Waals surface area (Å²) in [6.45, 7) is 3.96. The number of carbonyl (C=O) groups excluding carboxylic acids is 1. The number of carbonyl (C=O) groups is 1. The zero-order valence-electron chi connectivity index (χ0n) is 14.6. The van der Waals surface area contributed by atoms with E-state index >= 15 is 0 Å². The minimum atomic E-state index is -0.617. The van der Waals surface area contributed by atoms with Crippen molar-refractivity contribution in [2.75, 3.05) is 13.1 Å². The molecule has 6 nitrogen and oxygen atoms in total. The number of furan rings is 1. The predicted octanol–water partition coefficient (Wildman–Crippen LogP) is 2.54. The van der Waals surface area contributed by atoms with Crippen LogP contribution >= 0.6 is 0 Å². The molecule has 0 aromatic carbocycles. The van der Waals surface area contributed by atoms with Crippen molar-refractivity contribution in [2.45, 2.75) is 44.8 Å². The molecule has 1 aliphatic carbocycles. The van der Waals surface area contributed by atoms with Crippen LogP contribution in [0.5, 0.6) is 0 Å². The van der Waals surface area contributed by atoms with Crippen LogP contribution < -0.4 is 0 Å². The van der Waals surface area contributed by atoms with Gasteiger partial charge in [-0.05, 0) is 37.3 Å². The van der Waals surface area contributed by atoms with Gasteiger partial charge in [0.2, 0.25) is 0 Å². The minimum absolute atomic E-state index is 0.0651. The molecule has 1 amide bonds. The molecule has 0 bridgehead atoms. The van der Waals surface area contributed by atoms with Gasteiger partial charge < -0.3 is 19.0 Å². The average Bonchev–Trinajstić information content (AvgIpc) is 3.35. The Morgan fingerprint density at radius 2 is 2.32 bits per heavy atom. The predicted molar refractivity (Wildman–Crippen MR) is 92.0 cm³/mol. The van der Waals surface area contributed by atoms with Gasteiger partial charge in [0, 0.05) is 31.4 Å². The van der Waals surface area contributed by atoms with E-state index in [1.165, 1.54) is 0 Å². The van der Waals surface area contributed by atoms with Crippen LogP contribution in [-0.2, 0) is 6.54 Å². The first-order valence-corrected chi connectivity index (χ1v) is 9.15. The molecule has 1 saturated heterocycles. The van der Waals surface area contributed by atoms with E-state index in [9.17, 15) is 9.90 Å². The zero-order valence-corrected chi connectivity index (χ0v) is 14.6. The van der Waals surface area contributed by atoms with Crippen molar-refractivity contribution in [3.63, 3.8) is 0 Å². The molecule has 0 spiro atoms. The van der Waals surface area contributed by atoms with Gasteiger partial charge in [-0.2, -0.15) is 0 Å². The van der Waals surface area contributed by atoms with Crippen LogP contribution in [0.1, 0.15) is 48.9 Å². The summed E-state index contributed by atoms with van der Waals surface area (Å²) >= 11 is 0. The Kier molecular flexibility index (Phi) is 4.15. The third-order valence-corrected chi connectivity index (χ3v) is 5.99. The highest BCUT2D eigenvalue weighted by molar-refractivity contribution is 5.91. The molecule has 4 rings (SSSR count). The number of imidazole rings is 1. The van der Waals surface area contributed by atoms with Crippen LogP contribution in [0.2, 0.25) is 0 Å². The Morgan fingerprint density at radius 3 is 3.08 bits per heavy atom. The van der Waals surface area contributed by atoms with E-state index in [1.807, 2.05) is 28.7 Å². The van der Waals surface area contributed by atoms with Gasteiger partial charge in [-0.3, -0.25) is 4.79 Å². The molecule has 25 heavy (non-hydrogen) atoms. The quantitative estimate of drug-likeness (QED) is 0.926. The zero-order chi connectivity index (χ0) is 17.4.